The molecule has 2 heteroatoms. The molecule has 72 valence electrons. The Labute approximate surface area is 80.1 Å². The molecule has 13 heavy (non-hydrogen) atoms. The average Bonchev–Trinajstić information content (AvgIpc) is 2.23. The third kappa shape index (κ3) is 1.90. The van der Waals surface area contributed by atoms with Crippen LogP contribution in [-0.2, 0) is 5.54 Å². The average molecular weight is 178 g/mol. The molecule has 0 heterocycles. The Kier molecular flexibility index (Phi) is 3.46. The van der Waals surface area contributed by atoms with Crippen molar-refractivity contribution >= 4 is 0 Å². The molecule has 0 bridgehead atoms. The molecule has 0 aliphatic heterocycles. The summed E-state index contributed by atoms with van der Waals surface area (Å²) in [5, 5.41) is 0. The van der Waals surface area contributed by atoms with E-state index in [0.717, 1.165) is 12.8 Å². The zero-order valence-corrected chi connectivity index (χ0v) is 8.38. The van der Waals surface area contributed by atoms with Crippen LogP contribution in [0.5, 0.6) is 0 Å². The van der Waals surface area contributed by atoms with Gasteiger partial charge in [0.05, 0.1) is 5.54 Å². The molecule has 1 aromatic rings. The highest BCUT2D eigenvalue weighted by Crippen LogP contribution is 2.26. The second-order valence-electron chi connectivity index (χ2n) is 3.30. The van der Waals surface area contributed by atoms with Crippen molar-refractivity contribution in [2.75, 3.05) is 0 Å². The molecule has 0 saturated carbocycles. The highest BCUT2D eigenvalue weighted by molar-refractivity contribution is 5.23. The van der Waals surface area contributed by atoms with E-state index in [9.17, 15) is 0 Å². The summed E-state index contributed by atoms with van der Waals surface area (Å²) < 4.78 is 0. The van der Waals surface area contributed by atoms with Crippen LogP contribution in [0, 0.1) is 0 Å². The largest absolute Gasteiger partial charge is 0.271 e. The number of nitrogens with one attached hydrogen (secondary N) is 1. The molecule has 0 saturated heterocycles. The van der Waals surface area contributed by atoms with Gasteiger partial charge >= 0.3 is 0 Å². The highest BCUT2D eigenvalue weighted by atomic mass is 15.3. The van der Waals surface area contributed by atoms with E-state index in [4.69, 9.17) is 5.84 Å². The van der Waals surface area contributed by atoms with Crippen LogP contribution in [0.25, 0.3) is 0 Å². The summed E-state index contributed by atoms with van der Waals surface area (Å²) in [6, 6.07) is 10.4. The van der Waals surface area contributed by atoms with Gasteiger partial charge < -0.3 is 0 Å². The summed E-state index contributed by atoms with van der Waals surface area (Å²) in [7, 11) is 0. The summed E-state index contributed by atoms with van der Waals surface area (Å²) in [5.74, 6) is 5.61. The van der Waals surface area contributed by atoms with Gasteiger partial charge in [-0.05, 0) is 18.4 Å². The predicted octanol–water partition coefficient (Wildman–Crippen LogP) is 2.17. The number of rotatable bonds is 4. The van der Waals surface area contributed by atoms with Crippen LogP contribution < -0.4 is 11.3 Å². The van der Waals surface area contributed by atoms with Gasteiger partial charge in [-0.1, -0.05) is 44.2 Å². The molecule has 0 aromatic heterocycles. The number of hydrazine groups is 1. The zero-order chi connectivity index (χ0) is 9.73. The molecule has 0 aliphatic rings. The zero-order valence-electron chi connectivity index (χ0n) is 8.38. The summed E-state index contributed by atoms with van der Waals surface area (Å²) in [5.41, 5.74) is 4.14. The monoisotopic (exact) mass is 178 g/mol. The Bertz CT molecular complexity index is 231. The minimum atomic E-state index is -0.0543. The molecule has 0 spiro atoms. The van der Waals surface area contributed by atoms with E-state index in [1.54, 1.807) is 0 Å². The number of hydrogen-bond donors (Lipinski definition) is 2. The maximum absolute atomic E-state index is 5.61. The summed E-state index contributed by atoms with van der Waals surface area (Å²) in [6.45, 7) is 4.30. The van der Waals surface area contributed by atoms with Gasteiger partial charge in [0.1, 0.15) is 0 Å². The topological polar surface area (TPSA) is 38.0 Å². The molecule has 0 radical (unpaired) electrons. The van der Waals surface area contributed by atoms with Gasteiger partial charge in [0.25, 0.3) is 0 Å². The normalized spacial score (nSPS) is 11.6. The Morgan fingerprint density at radius 3 is 2.08 bits per heavy atom. The van der Waals surface area contributed by atoms with Gasteiger partial charge in [-0.25, -0.2) is 5.43 Å². The molecule has 1 rings (SSSR count). The first-order valence-corrected chi connectivity index (χ1v) is 4.82. The Balaban J connectivity index is 3.01. The molecule has 0 aliphatic carbocycles. The van der Waals surface area contributed by atoms with Crippen molar-refractivity contribution in [1.82, 2.24) is 5.43 Å². The van der Waals surface area contributed by atoms with Crippen molar-refractivity contribution in [3.05, 3.63) is 35.9 Å². The maximum Gasteiger partial charge on any atom is 0.0564 e. The van der Waals surface area contributed by atoms with Crippen LogP contribution in [0.1, 0.15) is 32.3 Å². The van der Waals surface area contributed by atoms with Crippen LogP contribution in [0.3, 0.4) is 0 Å². The van der Waals surface area contributed by atoms with E-state index in [0.29, 0.717) is 0 Å². The lowest BCUT2D eigenvalue weighted by Crippen LogP contribution is -2.45. The van der Waals surface area contributed by atoms with Crippen LogP contribution in [-0.4, -0.2) is 0 Å². The fraction of sp³-hybridized carbons (Fsp3) is 0.455. The number of benzene rings is 1. The van der Waals surface area contributed by atoms with E-state index in [1.165, 1.54) is 5.56 Å². The molecular formula is C11H18N2. The van der Waals surface area contributed by atoms with Crippen molar-refractivity contribution < 1.29 is 0 Å². The van der Waals surface area contributed by atoms with Gasteiger partial charge in [-0.3, -0.25) is 5.84 Å². The van der Waals surface area contributed by atoms with Crippen molar-refractivity contribution in [1.29, 1.82) is 0 Å². The molecule has 1 aromatic carbocycles. The third-order valence-corrected chi connectivity index (χ3v) is 2.81. The van der Waals surface area contributed by atoms with Crippen molar-refractivity contribution in [3.8, 4) is 0 Å². The standard InChI is InChI=1S/C11H18N2/c1-3-11(4-2,13-12)10-8-6-5-7-9-10/h5-9,13H,3-4,12H2,1-2H3. The Morgan fingerprint density at radius 1 is 1.15 bits per heavy atom. The van der Waals surface area contributed by atoms with E-state index >= 15 is 0 Å². The van der Waals surface area contributed by atoms with Gasteiger partial charge in [0.15, 0.2) is 0 Å². The van der Waals surface area contributed by atoms with Gasteiger partial charge in [-0.15, -0.1) is 0 Å². The number of hydrogen-bond acceptors (Lipinski definition) is 2. The first-order valence-electron chi connectivity index (χ1n) is 4.82. The first kappa shape index (κ1) is 10.2. The van der Waals surface area contributed by atoms with Crippen LogP contribution in [0.15, 0.2) is 30.3 Å². The Hall–Kier alpha value is -0.860. The van der Waals surface area contributed by atoms with E-state index in [-0.39, 0.29) is 5.54 Å². The Morgan fingerprint density at radius 2 is 1.69 bits per heavy atom. The lowest BCUT2D eigenvalue weighted by Gasteiger charge is -2.31. The van der Waals surface area contributed by atoms with Crippen LogP contribution in [0.4, 0.5) is 0 Å². The van der Waals surface area contributed by atoms with Crippen molar-refractivity contribution in [2.24, 2.45) is 5.84 Å². The second-order valence-corrected chi connectivity index (χ2v) is 3.30. The van der Waals surface area contributed by atoms with Gasteiger partial charge in [0, 0.05) is 0 Å². The predicted molar refractivity (Wildman–Crippen MR) is 56.0 cm³/mol. The molecule has 0 fully saturated rings. The highest BCUT2D eigenvalue weighted by Gasteiger charge is 2.25. The second kappa shape index (κ2) is 4.40. The van der Waals surface area contributed by atoms with Crippen LogP contribution >= 0.6 is 0 Å². The smallest absolute Gasteiger partial charge is 0.0564 e. The maximum atomic E-state index is 5.61. The molecule has 0 amide bonds. The molecule has 3 N–H and O–H groups in total. The van der Waals surface area contributed by atoms with Crippen molar-refractivity contribution in [3.63, 3.8) is 0 Å². The quantitative estimate of drug-likeness (QED) is 0.547. The minimum absolute atomic E-state index is 0.0543. The van der Waals surface area contributed by atoms with E-state index < -0.39 is 0 Å². The SMILES string of the molecule is CCC(CC)(NN)c1ccccc1. The summed E-state index contributed by atoms with van der Waals surface area (Å²) >= 11 is 0. The van der Waals surface area contributed by atoms with E-state index in [2.05, 4.69) is 31.4 Å². The third-order valence-electron chi connectivity index (χ3n) is 2.81. The number of nitrogens with two attached hydrogens (primary N) is 1. The fourth-order valence-electron chi connectivity index (χ4n) is 1.70. The van der Waals surface area contributed by atoms with E-state index in [1.807, 2.05) is 18.2 Å². The molecule has 0 unspecified atom stereocenters. The molecular weight excluding hydrogens is 160 g/mol. The van der Waals surface area contributed by atoms with Gasteiger partial charge in [0.2, 0.25) is 0 Å². The molecule has 2 nitrogen and oxygen atoms in total. The lowest BCUT2D eigenvalue weighted by atomic mass is 9.85. The summed E-state index contributed by atoms with van der Waals surface area (Å²) in [6.07, 6.45) is 2.01. The first-order chi connectivity index (χ1) is 6.29. The van der Waals surface area contributed by atoms with Crippen molar-refractivity contribution in [2.45, 2.75) is 32.2 Å². The summed E-state index contributed by atoms with van der Waals surface area (Å²) in [4.78, 5) is 0. The van der Waals surface area contributed by atoms with Gasteiger partial charge in [-0.2, -0.15) is 0 Å². The fourth-order valence-corrected chi connectivity index (χ4v) is 1.70. The minimum Gasteiger partial charge on any atom is -0.271 e. The van der Waals surface area contributed by atoms with Crippen LogP contribution in [0.2, 0.25) is 0 Å². The lowest BCUT2D eigenvalue weighted by molar-refractivity contribution is 0.314. The molecule has 0 atom stereocenters.